The molecule has 0 saturated carbocycles. The lowest BCUT2D eigenvalue weighted by Gasteiger charge is -2.27. The number of amides is 2. The van der Waals surface area contributed by atoms with Crippen LogP contribution in [0.4, 0.5) is 15.8 Å². The summed E-state index contributed by atoms with van der Waals surface area (Å²) < 4.78 is 38.0. The lowest BCUT2D eigenvalue weighted by atomic mass is 10.1. The number of fused-ring (bicyclic) bond motifs is 1. The fourth-order valence-electron chi connectivity index (χ4n) is 3.13. The van der Waals surface area contributed by atoms with Gasteiger partial charge in [-0.15, -0.1) is 0 Å². The minimum absolute atomic E-state index is 0.232. The first kappa shape index (κ1) is 21.8. The fraction of sp³-hybridized carbons (Fsp3) is 0.333. The molecular formula is C21H24FN3O4S. The second-order valence-electron chi connectivity index (χ2n) is 7.24. The van der Waals surface area contributed by atoms with Crippen LogP contribution in [0.15, 0.2) is 42.5 Å². The minimum atomic E-state index is -3.63. The molecule has 0 radical (unpaired) electrons. The summed E-state index contributed by atoms with van der Waals surface area (Å²) in [6, 6.07) is 9.06. The third-order valence-corrected chi connectivity index (χ3v) is 6.34. The Labute approximate surface area is 175 Å². The summed E-state index contributed by atoms with van der Waals surface area (Å²) in [7, 11) is -3.63. The molecule has 3 N–H and O–H groups in total. The Hall–Kier alpha value is -2.94. The number of carbonyl (C=O) groups excluding carboxylic acids is 2. The van der Waals surface area contributed by atoms with Crippen molar-refractivity contribution in [2.75, 3.05) is 22.9 Å². The van der Waals surface area contributed by atoms with E-state index in [4.69, 9.17) is 0 Å². The van der Waals surface area contributed by atoms with Gasteiger partial charge >= 0.3 is 0 Å². The molecule has 1 unspecified atom stereocenters. The lowest BCUT2D eigenvalue weighted by molar-refractivity contribution is -0.116. The van der Waals surface area contributed by atoms with Crippen LogP contribution >= 0.6 is 0 Å². The number of halogens is 1. The zero-order valence-electron chi connectivity index (χ0n) is 16.6. The van der Waals surface area contributed by atoms with Crippen LogP contribution in [-0.4, -0.2) is 38.6 Å². The molecule has 7 nitrogen and oxygen atoms in total. The number of anilines is 2. The number of hydrogen-bond acceptors (Lipinski definition) is 5. The summed E-state index contributed by atoms with van der Waals surface area (Å²) in [5, 5.41) is 8.41. The lowest BCUT2D eigenvalue weighted by Crippen LogP contribution is -2.43. The standard InChI is InChI=1S/C21H24FN3O4S/c1-2-3-10-23-20(26)15-6-9-17-18(11-15)25-21(27)19(24-17)13-30(28,29)12-14-4-7-16(22)8-5-14/h4-9,11,19,24H,2-3,10,12-13H2,1H3,(H,23,26)(H,25,27). The van der Waals surface area contributed by atoms with Crippen LogP contribution in [0.3, 0.4) is 0 Å². The van der Waals surface area contributed by atoms with Crippen LogP contribution in [0, 0.1) is 5.82 Å². The molecule has 1 aliphatic rings. The SMILES string of the molecule is CCCCNC(=O)c1ccc2c(c1)NC(=O)C(CS(=O)(=O)Cc1ccc(F)cc1)N2. The Kier molecular flexibility index (Phi) is 6.71. The molecular weight excluding hydrogens is 409 g/mol. The average molecular weight is 434 g/mol. The van der Waals surface area contributed by atoms with E-state index in [1.54, 1.807) is 18.2 Å². The highest BCUT2D eigenvalue weighted by Gasteiger charge is 2.30. The molecule has 0 bridgehead atoms. The third-order valence-electron chi connectivity index (χ3n) is 4.72. The average Bonchev–Trinajstić information content (AvgIpc) is 2.69. The molecule has 2 aromatic carbocycles. The second-order valence-corrected chi connectivity index (χ2v) is 9.35. The Balaban J connectivity index is 1.67. The largest absolute Gasteiger partial charge is 0.371 e. The van der Waals surface area contributed by atoms with E-state index in [2.05, 4.69) is 16.0 Å². The summed E-state index contributed by atoms with van der Waals surface area (Å²) in [6.45, 7) is 2.60. The van der Waals surface area contributed by atoms with Crippen LogP contribution in [0.25, 0.3) is 0 Å². The van der Waals surface area contributed by atoms with Crippen molar-refractivity contribution in [3.63, 3.8) is 0 Å². The van der Waals surface area contributed by atoms with Crippen molar-refractivity contribution in [3.05, 3.63) is 59.4 Å². The molecule has 2 aromatic rings. The maximum Gasteiger partial charge on any atom is 0.251 e. The monoisotopic (exact) mass is 433 g/mol. The van der Waals surface area contributed by atoms with Crippen molar-refractivity contribution in [1.29, 1.82) is 0 Å². The van der Waals surface area contributed by atoms with Crippen molar-refractivity contribution in [2.45, 2.75) is 31.6 Å². The topological polar surface area (TPSA) is 104 Å². The highest BCUT2D eigenvalue weighted by atomic mass is 32.2. The van der Waals surface area contributed by atoms with Crippen LogP contribution < -0.4 is 16.0 Å². The van der Waals surface area contributed by atoms with Gasteiger partial charge in [0.15, 0.2) is 9.84 Å². The maximum atomic E-state index is 13.0. The Morgan fingerprint density at radius 3 is 2.57 bits per heavy atom. The van der Waals surface area contributed by atoms with Gasteiger partial charge in [-0.2, -0.15) is 0 Å². The first-order valence-electron chi connectivity index (χ1n) is 9.72. The van der Waals surface area contributed by atoms with Crippen LogP contribution in [0.2, 0.25) is 0 Å². The molecule has 2 amide bonds. The normalized spacial score (nSPS) is 15.7. The number of hydrogen-bond donors (Lipinski definition) is 3. The van der Waals surface area contributed by atoms with Gasteiger partial charge < -0.3 is 16.0 Å². The number of carbonyl (C=O) groups is 2. The number of rotatable bonds is 8. The molecule has 160 valence electrons. The third kappa shape index (κ3) is 5.56. The van der Waals surface area contributed by atoms with Gasteiger partial charge in [-0.05, 0) is 42.3 Å². The second kappa shape index (κ2) is 9.25. The highest BCUT2D eigenvalue weighted by molar-refractivity contribution is 7.90. The predicted octanol–water partition coefficient (Wildman–Crippen LogP) is 2.70. The van der Waals surface area contributed by atoms with E-state index in [9.17, 15) is 22.4 Å². The summed E-state index contributed by atoms with van der Waals surface area (Å²) in [5.41, 5.74) is 1.83. The van der Waals surface area contributed by atoms with Gasteiger partial charge in [-0.3, -0.25) is 9.59 Å². The number of sulfone groups is 1. The Morgan fingerprint density at radius 1 is 1.13 bits per heavy atom. The fourth-order valence-corrected chi connectivity index (χ4v) is 4.69. The first-order chi connectivity index (χ1) is 14.3. The van der Waals surface area contributed by atoms with E-state index in [0.717, 1.165) is 12.8 Å². The van der Waals surface area contributed by atoms with E-state index < -0.39 is 33.4 Å². The van der Waals surface area contributed by atoms with E-state index in [-0.39, 0.29) is 11.7 Å². The van der Waals surface area contributed by atoms with E-state index in [0.29, 0.717) is 29.0 Å². The highest BCUT2D eigenvalue weighted by Crippen LogP contribution is 2.28. The van der Waals surface area contributed by atoms with Gasteiger partial charge in [0.2, 0.25) is 5.91 Å². The molecule has 3 rings (SSSR count). The molecule has 1 heterocycles. The van der Waals surface area contributed by atoms with E-state index in [1.807, 2.05) is 6.92 Å². The van der Waals surface area contributed by atoms with Crippen molar-refractivity contribution in [1.82, 2.24) is 5.32 Å². The predicted molar refractivity (Wildman–Crippen MR) is 114 cm³/mol. The van der Waals surface area contributed by atoms with Gasteiger partial charge in [0, 0.05) is 12.1 Å². The van der Waals surface area contributed by atoms with Crippen molar-refractivity contribution in [2.24, 2.45) is 0 Å². The molecule has 0 aliphatic carbocycles. The van der Waals surface area contributed by atoms with Crippen LogP contribution in [0.1, 0.15) is 35.7 Å². The van der Waals surface area contributed by atoms with Crippen molar-refractivity contribution in [3.8, 4) is 0 Å². The zero-order valence-corrected chi connectivity index (χ0v) is 17.4. The van der Waals surface area contributed by atoms with Crippen LogP contribution in [-0.2, 0) is 20.4 Å². The number of unbranched alkanes of at least 4 members (excludes halogenated alkanes) is 1. The summed E-state index contributed by atoms with van der Waals surface area (Å²) in [6.07, 6.45) is 1.85. The van der Waals surface area contributed by atoms with Crippen LogP contribution in [0.5, 0.6) is 0 Å². The van der Waals surface area contributed by atoms with Gasteiger partial charge in [-0.25, -0.2) is 12.8 Å². The van der Waals surface area contributed by atoms with E-state index >= 15 is 0 Å². The molecule has 9 heteroatoms. The molecule has 0 fully saturated rings. The van der Waals surface area contributed by atoms with Gasteiger partial charge in [0.25, 0.3) is 5.91 Å². The maximum absolute atomic E-state index is 13.0. The number of benzene rings is 2. The molecule has 0 aromatic heterocycles. The van der Waals surface area contributed by atoms with Gasteiger partial charge in [-0.1, -0.05) is 25.5 Å². The molecule has 1 aliphatic heterocycles. The molecule has 30 heavy (non-hydrogen) atoms. The molecule has 0 spiro atoms. The Morgan fingerprint density at radius 2 is 1.87 bits per heavy atom. The van der Waals surface area contributed by atoms with Gasteiger partial charge in [0.05, 0.1) is 22.9 Å². The quantitative estimate of drug-likeness (QED) is 0.556. The summed E-state index contributed by atoms with van der Waals surface area (Å²) >= 11 is 0. The summed E-state index contributed by atoms with van der Waals surface area (Å²) in [4.78, 5) is 24.6. The van der Waals surface area contributed by atoms with Gasteiger partial charge in [0.1, 0.15) is 11.9 Å². The minimum Gasteiger partial charge on any atom is -0.371 e. The Bertz CT molecular complexity index is 1040. The zero-order chi connectivity index (χ0) is 21.7. The van der Waals surface area contributed by atoms with E-state index in [1.165, 1.54) is 24.3 Å². The molecule has 0 saturated heterocycles. The molecule has 1 atom stereocenters. The van der Waals surface area contributed by atoms with Crippen molar-refractivity contribution < 1.29 is 22.4 Å². The number of nitrogens with one attached hydrogen (secondary N) is 3. The summed E-state index contributed by atoms with van der Waals surface area (Å²) in [5.74, 6) is -1.87. The van der Waals surface area contributed by atoms with Crippen molar-refractivity contribution >= 4 is 33.0 Å². The smallest absolute Gasteiger partial charge is 0.251 e. The first-order valence-corrected chi connectivity index (χ1v) is 11.5.